The molecule has 0 spiro atoms. The molecule has 0 bridgehead atoms. The van der Waals surface area contributed by atoms with Crippen molar-refractivity contribution in [2.24, 2.45) is 5.92 Å². The molecule has 4 heteroatoms. The molecule has 1 aromatic carbocycles. The third-order valence-electron chi connectivity index (χ3n) is 2.68. The zero-order chi connectivity index (χ0) is 11.4. The summed E-state index contributed by atoms with van der Waals surface area (Å²) in [6.07, 6.45) is 1.08. The van der Waals surface area contributed by atoms with Crippen molar-refractivity contribution in [1.29, 1.82) is 0 Å². The maximum Gasteiger partial charge on any atom is 0.137 e. The second kappa shape index (κ2) is 5.89. The Labute approximate surface area is 109 Å². The van der Waals surface area contributed by atoms with Gasteiger partial charge in [-0.1, -0.05) is 12.1 Å². The van der Waals surface area contributed by atoms with Crippen molar-refractivity contribution in [1.82, 2.24) is 0 Å². The number of ether oxygens (including phenoxy) is 2. The van der Waals surface area contributed by atoms with Gasteiger partial charge in [-0.25, -0.2) is 0 Å². The highest BCUT2D eigenvalue weighted by Gasteiger charge is 2.17. The Morgan fingerprint density at radius 2 is 2.38 bits per heavy atom. The van der Waals surface area contributed by atoms with Crippen LogP contribution in [0.2, 0.25) is 0 Å². The molecule has 1 unspecified atom stereocenters. The lowest BCUT2D eigenvalue weighted by Crippen LogP contribution is -2.12. The molecular weight excluding hydrogens is 291 g/mol. The van der Waals surface area contributed by atoms with Crippen LogP contribution in [-0.2, 0) is 10.6 Å². The summed E-state index contributed by atoms with van der Waals surface area (Å²) in [5.74, 6) is 1.84. The first-order valence-corrected chi connectivity index (χ1v) is 6.68. The van der Waals surface area contributed by atoms with Crippen LogP contribution >= 0.6 is 27.5 Å². The van der Waals surface area contributed by atoms with Gasteiger partial charge in [0.15, 0.2) is 0 Å². The summed E-state index contributed by atoms with van der Waals surface area (Å²) in [5.41, 5.74) is 1.02. The maximum atomic E-state index is 5.87. The quantitative estimate of drug-likeness (QED) is 0.791. The Morgan fingerprint density at radius 3 is 3.06 bits per heavy atom. The van der Waals surface area contributed by atoms with E-state index in [-0.39, 0.29) is 0 Å². The van der Waals surface area contributed by atoms with E-state index < -0.39 is 0 Å². The lowest BCUT2D eigenvalue weighted by Gasteiger charge is -2.14. The van der Waals surface area contributed by atoms with E-state index in [4.69, 9.17) is 21.1 Å². The van der Waals surface area contributed by atoms with E-state index >= 15 is 0 Å². The largest absolute Gasteiger partial charge is 0.492 e. The van der Waals surface area contributed by atoms with Crippen molar-refractivity contribution in [3.05, 3.63) is 28.2 Å². The fourth-order valence-electron chi connectivity index (χ4n) is 1.74. The van der Waals surface area contributed by atoms with Crippen molar-refractivity contribution in [3.63, 3.8) is 0 Å². The van der Waals surface area contributed by atoms with Crippen molar-refractivity contribution in [3.8, 4) is 5.75 Å². The summed E-state index contributed by atoms with van der Waals surface area (Å²) in [5, 5.41) is 0. The van der Waals surface area contributed by atoms with Crippen molar-refractivity contribution >= 4 is 27.5 Å². The highest BCUT2D eigenvalue weighted by Crippen LogP contribution is 2.31. The predicted molar refractivity (Wildman–Crippen MR) is 68.1 cm³/mol. The van der Waals surface area contributed by atoms with Gasteiger partial charge in [-0.2, -0.15) is 0 Å². The van der Waals surface area contributed by atoms with Gasteiger partial charge in [-0.3, -0.25) is 0 Å². The molecule has 2 nitrogen and oxygen atoms in total. The highest BCUT2D eigenvalue weighted by atomic mass is 79.9. The molecule has 1 fully saturated rings. The van der Waals surface area contributed by atoms with Gasteiger partial charge in [0.1, 0.15) is 5.75 Å². The van der Waals surface area contributed by atoms with Crippen LogP contribution in [0.5, 0.6) is 5.75 Å². The van der Waals surface area contributed by atoms with Crippen LogP contribution in [-0.4, -0.2) is 19.8 Å². The van der Waals surface area contributed by atoms with Gasteiger partial charge in [-0.05, 0) is 28.4 Å². The minimum Gasteiger partial charge on any atom is -0.492 e. The van der Waals surface area contributed by atoms with Crippen LogP contribution < -0.4 is 4.74 Å². The van der Waals surface area contributed by atoms with Crippen LogP contribution in [0.4, 0.5) is 0 Å². The molecule has 0 amide bonds. The number of para-hydroxylation sites is 1. The molecule has 2 rings (SSSR count). The summed E-state index contributed by atoms with van der Waals surface area (Å²) in [4.78, 5) is 0. The SMILES string of the molecule is ClCc1cccc(Br)c1OCC1CCOC1. The second-order valence-corrected chi connectivity index (χ2v) is 5.02. The Balaban J connectivity index is 2.01. The van der Waals surface area contributed by atoms with Crippen molar-refractivity contribution in [2.75, 3.05) is 19.8 Å². The Morgan fingerprint density at radius 1 is 1.50 bits per heavy atom. The van der Waals surface area contributed by atoms with E-state index in [1.165, 1.54) is 0 Å². The molecule has 1 aliphatic rings. The van der Waals surface area contributed by atoms with Crippen LogP contribution in [0.3, 0.4) is 0 Å². The molecule has 0 aliphatic carbocycles. The number of rotatable bonds is 4. The van der Waals surface area contributed by atoms with E-state index in [1.807, 2.05) is 18.2 Å². The normalized spacial score (nSPS) is 20.0. The molecule has 0 N–H and O–H groups in total. The summed E-state index contributed by atoms with van der Waals surface area (Å²) in [6.45, 7) is 2.36. The van der Waals surface area contributed by atoms with E-state index in [1.54, 1.807) is 0 Å². The molecule has 0 aromatic heterocycles. The number of halogens is 2. The van der Waals surface area contributed by atoms with Gasteiger partial charge in [0.2, 0.25) is 0 Å². The van der Waals surface area contributed by atoms with Gasteiger partial charge in [0.05, 0.1) is 23.6 Å². The van der Waals surface area contributed by atoms with E-state index in [0.717, 1.165) is 35.4 Å². The Bertz CT molecular complexity index is 351. The number of hydrogen-bond donors (Lipinski definition) is 0. The first kappa shape index (κ1) is 12.2. The van der Waals surface area contributed by atoms with Crippen LogP contribution in [0.15, 0.2) is 22.7 Å². The third kappa shape index (κ3) is 2.90. The van der Waals surface area contributed by atoms with Crippen LogP contribution in [0.25, 0.3) is 0 Å². The Kier molecular flexibility index (Phi) is 4.50. The molecule has 1 aromatic rings. The molecule has 0 saturated carbocycles. The van der Waals surface area contributed by atoms with Gasteiger partial charge in [-0.15, -0.1) is 11.6 Å². The van der Waals surface area contributed by atoms with Gasteiger partial charge >= 0.3 is 0 Å². The van der Waals surface area contributed by atoms with E-state index in [0.29, 0.717) is 18.4 Å². The first-order valence-electron chi connectivity index (χ1n) is 5.35. The van der Waals surface area contributed by atoms with Gasteiger partial charge < -0.3 is 9.47 Å². The van der Waals surface area contributed by atoms with Gasteiger partial charge in [0, 0.05) is 18.1 Å². The average molecular weight is 306 g/mol. The third-order valence-corrected chi connectivity index (χ3v) is 3.59. The smallest absolute Gasteiger partial charge is 0.137 e. The minimum absolute atomic E-state index is 0.468. The Hall–Kier alpha value is -0.250. The lowest BCUT2D eigenvalue weighted by molar-refractivity contribution is 0.166. The molecular formula is C12H14BrClO2. The van der Waals surface area contributed by atoms with Crippen LogP contribution in [0.1, 0.15) is 12.0 Å². The van der Waals surface area contributed by atoms with Crippen LogP contribution in [0, 0.1) is 5.92 Å². The highest BCUT2D eigenvalue weighted by molar-refractivity contribution is 9.10. The van der Waals surface area contributed by atoms with E-state index in [9.17, 15) is 0 Å². The molecule has 0 radical (unpaired) electrons. The standard InChI is InChI=1S/C12H14BrClO2/c13-11-3-1-2-10(6-14)12(11)16-8-9-4-5-15-7-9/h1-3,9H,4-8H2. The minimum atomic E-state index is 0.468. The monoisotopic (exact) mass is 304 g/mol. The maximum absolute atomic E-state index is 5.87. The topological polar surface area (TPSA) is 18.5 Å². The zero-order valence-electron chi connectivity index (χ0n) is 8.92. The molecule has 16 heavy (non-hydrogen) atoms. The first-order chi connectivity index (χ1) is 7.81. The average Bonchev–Trinajstić information content (AvgIpc) is 2.80. The summed E-state index contributed by atoms with van der Waals surface area (Å²) >= 11 is 9.36. The predicted octanol–water partition coefficient (Wildman–Crippen LogP) is 3.60. The summed E-state index contributed by atoms with van der Waals surface area (Å²) in [6, 6.07) is 5.92. The lowest BCUT2D eigenvalue weighted by atomic mass is 10.1. The zero-order valence-corrected chi connectivity index (χ0v) is 11.3. The molecule has 1 atom stereocenters. The molecule has 1 saturated heterocycles. The molecule has 1 heterocycles. The second-order valence-electron chi connectivity index (χ2n) is 3.90. The number of hydrogen-bond acceptors (Lipinski definition) is 2. The fraction of sp³-hybridized carbons (Fsp3) is 0.500. The summed E-state index contributed by atoms with van der Waals surface area (Å²) in [7, 11) is 0. The summed E-state index contributed by atoms with van der Waals surface area (Å²) < 4.78 is 12.1. The number of alkyl halides is 1. The number of benzene rings is 1. The van der Waals surface area contributed by atoms with Crippen molar-refractivity contribution < 1.29 is 9.47 Å². The fourth-order valence-corrected chi connectivity index (χ4v) is 2.47. The molecule has 88 valence electrons. The molecule has 1 aliphatic heterocycles. The van der Waals surface area contributed by atoms with E-state index in [2.05, 4.69) is 15.9 Å². The van der Waals surface area contributed by atoms with Crippen molar-refractivity contribution in [2.45, 2.75) is 12.3 Å². The van der Waals surface area contributed by atoms with Gasteiger partial charge in [0.25, 0.3) is 0 Å².